The highest BCUT2D eigenvalue weighted by molar-refractivity contribution is 5.96. The molecule has 0 saturated carbocycles. The third-order valence-electron chi connectivity index (χ3n) is 4.71. The van der Waals surface area contributed by atoms with E-state index in [1.165, 1.54) is 0 Å². The molecular weight excluding hydrogens is 318 g/mol. The predicted molar refractivity (Wildman–Crippen MR) is 96.0 cm³/mol. The fourth-order valence-electron chi connectivity index (χ4n) is 3.13. The molecule has 1 saturated heterocycles. The van der Waals surface area contributed by atoms with Gasteiger partial charge in [0.2, 0.25) is 11.8 Å². The summed E-state index contributed by atoms with van der Waals surface area (Å²) >= 11 is 0. The molecule has 0 bridgehead atoms. The lowest BCUT2D eigenvalue weighted by molar-refractivity contribution is -0.140. The number of carbonyl (C=O) groups excluding carboxylic acids is 3. The Labute approximate surface area is 149 Å². The van der Waals surface area contributed by atoms with Crippen molar-refractivity contribution in [2.45, 2.75) is 26.7 Å². The van der Waals surface area contributed by atoms with E-state index >= 15 is 0 Å². The van der Waals surface area contributed by atoms with Gasteiger partial charge in [0.15, 0.2) is 0 Å². The molecule has 0 radical (unpaired) electrons. The van der Waals surface area contributed by atoms with Crippen LogP contribution in [0.25, 0.3) is 0 Å². The Kier molecular flexibility index (Phi) is 6.98. The minimum atomic E-state index is -0.249. The molecule has 0 atom stereocenters. The number of rotatable bonds is 6. The molecule has 1 fully saturated rings. The minimum absolute atomic E-state index is 0.00265. The molecule has 0 unspecified atom stereocenters. The highest BCUT2D eigenvalue weighted by Gasteiger charge is 2.29. The summed E-state index contributed by atoms with van der Waals surface area (Å²) in [6.07, 6.45) is 1.38. The van der Waals surface area contributed by atoms with Gasteiger partial charge in [0.1, 0.15) is 0 Å². The summed E-state index contributed by atoms with van der Waals surface area (Å²) < 4.78 is 0. The van der Waals surface area contributed by atoms with Gasteiger partial charge >= 0.3 is 0 Å². The van der Waals surface area contributed by atoms with E-state index < -0.39 is 0 Å². The topological polar surface area (TPSA) is 69.7 Å². The maximum absolute atomic E-state index is 12.4. The lowest BCUT2D eigenvalue weighted by Crippen LogP contribution is -2.47. The zero-order valence-electron chi connectivity index (χ0n) is 15.0. The number of likely N-dealkylation sites (tertiary alicyclic amines) is 1. The number of nitrogens with zero attached hydrogens (tertiary/aromatic N) is 2. The molecule has 0 aromatic heterocycles. The molecule has 1 aromatic carbocycles. The maximum atomic E-state index is 12.4. The second-order valence-corrected chi connectivity index (χ2v) is 6.21. The van der Waals surface area contributed by atoms with Crippen LogP contribution in [0.15, 0.2) is 30.3 Å². The van der Waals surface area contributed by atoms with Crippen molar-refractivity contribution in [3.8, 4) is 0 Å². The average Bonchev–Trinajstić information content (AvgIpc) is 2.67. The first kappa shape index (κ1) is 19.0. The number of piperidine rings is 1. The number of amides is 3. The summed E-state index contributed by atoms with van der Waals surface area (Å²) in [5, 5.41) is 2.66. The Bertz CT molecular complexity index is 591. The van der Waals surface area contributed by atoms with E-state index in [2.05, 4.69) is 5.32 Å². The molecule has 0 aliphatic carbocycles. The SMILES string of the molecule is CCN(CC)C(=O)C1CCN(C(=O)CNC(=O)c2ccccc2)CC1. The van der Waals surface area contributed by atoms with Crippen LogP contribution in [0, 0.1) is 5.92 Å². The van der Waals surface area contributed by atoms with E-state index in [-0.39, 0.29) is 30.2 Å². The quantitative estimate of drug-likeness (QED) is 0.850. The van der Waals surface area contributed by atoms with Gasteiger partial charge in [0, 0.05) is 37.7 Å². The molecule has 6 nitrogen and oxygen atoms in total. The van der Waals surface area contributed by atoms with Gasteiger partial charge in [-0.15, -0.1) is 0 Å². The molecule has 136 valence electrons. The first-order valence-corrected chi connectivity index (χ1v) is 8.96. The molecule has 2 rings (SSSR count). The van der Waals surface area contributed by atoms with Crippen LogP contribution in [0.2, 0.25) is 0 Å². The fourth-order valence-corrected chi connectivity index (χ4v) is 3.13. The Morgan fingerprint density at radius 1 is 1.08 bits per heavy atom. The third-order valence-corrected chi connectivity index (χ3v) is 4.71. The van der Waals surface area contributed by atoms with Crippen LogP contribution in [-0.2, 0) is 9.59 Å². The second kappa shape index (κ2) is 9.20. The summed E-state index contributed by atoms with van der Waals surface area (Å²) in [4.78, 5) is 40.2. The number of nitrogens with one attached hydrogen (secondary N) is 1. The van der Waals surface area contributed by atoms with E-state index in [9.17, 15) is 14.4 Å². The first-order valence-electron chi connectivity index (χ1n) is 8.96. The smallest absolute Gasteiger partial charge is 0.251 e. The van der Waals surface area contributed by atoms with Gasteiger partial charge in [0.05, 0.1) is 6.54 Å². The molecule has 1 aliphatic rings. The zero-order valence-corrected chi connectivity index (χ0v) is 15.0. The van der Waals surface area contributed by atoms with Gasteiger partial charge in [-0.2, -0.15) is 0 Å². The maximum Gasteiger partial charge on any atom is 0.251 e. The van der Waals surface area contributed by atoms with E-state index in [1.807, 2.05) is 24.8 Å². The van der Waals surface area contributed by atoms with Gasteiger partial charge in [0.25, 0.3) is 5.91 Å². The summed E-state index contributed by atoms with van der Waals surface area (Å²) in [6, 6.07) is 8.84. The lowest BCUT2D eigenvalue weighted by Gasteiger charge is -2.33. The number of carbonyl (C=O) groups is 3. The molecule has 1 heterocycles. The van der Waals surface area contributed by atoms with Crippen LogP contribution < -0.4 is 5.32 Å². The lowest BCUT2D eigenvalue weighted by atomic mass is 9.95. The van der Waals surface area contributed by atoms with Crippen LogP contribution in [-0.4, -0.2) is 60.2 Å². The zero-order chi connectivity index (χ0) is 18.2. The number of hydrogen-bond acceptors (Lipinski definition) is 3. The molecule has 6 heteroatoms. The van der Waals surface area contributed by atoms with Gasteiger partial charge in [-0.25, -0.2) is 0 Å². The summed E-state index contributed by atoms with van der Waals surface area (Å²) in [6.45, 7) is 6.53. The number of hydrogen-bond donors (Lipinski definition) is 1. The fraction of sp³-hybridized carbons (Fsp3) is 0.526. The summed E-state index contributed by atoms with van der Waals surface area (Å²) in [5.74, 6) is -0.157. The summed E-state index contributed by atoms with van der Waals surface area (Å²) in [5.41, 5.74) is 0.541. The number of benzene rings is 1. The van der Waals surface area contributed by atoms with E-state index in [0.29, 0.717) is 31.5 Å². The van der Waals surface area contributed by atoms with Crippen LogP contribution in [0.5, 0.6) is 0 Å². The molecule has 25 heavy (non-hydrogen) atoms. The molecule has 0 spiro atoms. The van der Waals surface area contributed by atoms with E-state index in [0.717, 1.165) is 13.1 Å². The van der Waals surface area contributed by atoms with Crippen molar-refractivity contribution in [3.05, 3.63) is 35.9 Å². The molecule has 3 amide bonds. The highest BCUT2D eigenvalue weighted by Crippen LogP contribution is 2.19. The second-order valence-electron chi connectivity index (χ2n) is 6.21. The van der Waals surface area contributed by atoms with Crippen LogP contribution in [0.3, 0.4) is 0 Å². The molecule has 1 aliphatic heterocycles. The first-order chi connectivity index (χ1) is 12.1. The summed E-state index contributed by atoms with van der Waals surface area (Å²) in [7, 11) is 0. The van der Waals surface area contributed by atoms with Crippen molar-refractivity contribution >= 4 is 17.7 Å². The van der Waals surface area contributed by atoms with Gasteiger partial charge in [-0.1, -0.05) is 18.2 Å². The normalized spacial score (nSPS) is 14.9. The van der Waals surface area contributed by atoms with Crippen molar-refractivity contribution in [1.29, 1.82) is 0 Å². The Hall–Kier alpha value is -2.37. The predicted octanol–water partition coefficient (Wildman–Crippen LogP) is 1.52. The van der Waals surface area contributed by atoms with Gasteiger partial charge < -0.3 is 15.1 Å². The van der Waals surface area contributed by atoms with Crippen molar-refractivity contribution in [3.63, 3.8) is 0 Å². The van der Waals surface area contributed by atoms with Gasteiger partial charge in [-0.3, -0.25) is 14.4 Å². The average molecular weight is 345 g/mol. The Morgan fingerprint density at radius 3 is 2.24 bits per heavy atom. The molecular formula is C19H27N3O3. The molecule has 1 N–H and O–H groups in total. The van der Waals surface area contributed by atoms with Crippen molar-refractivity contribution in [1.82, 2.24) is 15.1 Å². The van der Waals surface area contributed by atoms with E-state index in [1.54, 1.807) is 29.2 Å². The molecule has 1 aromatic rings. The van der Waals surface area contributed by atoms with Crippen LogP contribution >= 0.6 is 0 Å². The van der Waals surface area contributed by atoms with Gasteiger partial charge in [-0.05, 0) is 38.8 Å². The Balaban J connectivity index is 1.77. The van der Waals surface area contributed by atoms with Crippen molar-refractivity contribution < 1.29 is 14.4 Å². The highest BCUT2D eigenvalue weighted by atomic mass is 16.2. The Morgan fingerprint density at radius 2 is 1.68 bits per heavy atom. The largest absolute Gasteiger partial charge is 0.343 e. The monoisotopic (exact) mass is 345 g/mol. The standard InChI is InChI=1S/C19H27N3O3/c1-3-21(4-2)19(25)16-10-12-22(13-11-16)17(23)14-20-18(24)15-8-6-5-7-9-15/h5-9,16H,3-4,10-14H2,1-2H3,(H,20,24). The van der Waals surface area contributed by atoms with Crippen molar-refractivity contribution in [2.75, 3.05) is 32.7 Å². The minimum Gasteiger partial charge on any atom is -0.343 e. The van der Waals surface area contributed by atoms with Crippen LogP contribution in [0.1, 0.15) is 37.0 Å². The van der Waals surface area contributed by atoms with Crippen molar-refractivity contribution in [2.24, 2.45) is 5.92 Å². The van der Waals surface area contributed by atoms with Crippen LogP contribution in [0.4, 0.5) is 0 Å². The van der Waals surface area contributed by atoms with E-state index in [4.69, 9.17) is 0 Å². The third kappa shape index (κ3) is 5.05.